The Morgan fingerprint density at radius 3 is 2.77 bits per heavy atom. The molecule has 1 N–H and O–H groups in total. The van der Waals surface area contributed by atoms with Crippen LogP contribution in [0.15, 0.2) is 72.2 Å². The second-order valence-electron chi connectivity index (χ2n) is 8.14. The molecule has 0 bridgehead atoms. The first-order valence-electron chi connectivity index (χ1n) is 11.5. The summed E-state index contributed by atoms with van der Waals surface area (Å²) in [6.45, 7) is 1.58. The van der Waals surface area contributed by atoms with Crippen LogP contribution in [0, 0.1) is 0 Å². The number of benzene rings is 2. The Labute approximate surface area is 208 Å². The van der Waals surface area contributed by atoms with Gasteiger partial charge in [0.05, 0.1) is 7.11 Å². The SMILES string of the molecule is COc1ccc(COc2nc(N3CCc4ccccc43)ncc2C(=O)NCCc2cccs2)cc1. The normalized spacial score (nSPS) is 12.3. The van der Waals surface area contributed by atoms with Crippen LogP contribution in [0.2, 0.25) is 0 Å². The summed E-state index contributed by atoms with van der Waals surface area (Å²) in [5, 5.41) is 5.01. The largest absolute Gasteiger partial charge is 0.497 e. The molecule has 4 aromatic rings. The molecule has 0 saturated heterocycles. The van der Waals surface area contributed by atoms with E-state index in [1.54, 1.807) is 24.6 Å². The summed E-state index contributed by atoms with van der Waals surface area (Å²) in [6, 6.07) is 19.9. The van der Waals surface area contributed by atoms with E-state index in [1.807, 2.05) is 47.8 Å². The van der Waals surface area contributed by atoms with Crippen molar-refractivity contribution in [3.63, 3.8) is 0 Å². The van der Waals surface area contributed by atoms with Gasteiger partial charge in [0.1, 0.15) is 17.9 Å². The Balaban J connectivity index is 1.37. The molecule has 8 heteroatoms. The lowest BCUT2D eigenvalue weighted by Gasteiger charge is -2.19. The van der Waals surface area contributed by atoms with Gasteiger partial charge >= 0.3 is 0 Å². The minimum Gasteiger partial charge on any atom is -0.497 e. The number of para-hydroxylation sites is 1. The summed E-state index contributed by atoms with van der Waals surface area (Å²) >= 11 is 1.68. The molecule has 7 nitrogen and oxygen atoms in total. The average molecular weight is 487 g/mol. The van der Waals surface area contributed by atoms with Crippen molar-refractivity contribution in [3.05, 3.63) is 93.8 Å². The molecule has 0 atom stereocenters. The zero-order chi connectivity index (χ0) is 24.0. The Morgan fingerprint density at radius 2 is 1.97 bits per heavy atom. The molecule has 3 heterocycles. The minimum absolute atomic E-state index is 0.250. The maximum Gasteiger partial charge on any atom is 0.258 e. The van der Waals surface area contributed by atoms with Crippen LogP contribution in [0.1, 0.15) is 26.4 Å². The average Bonchev–Trinajstić information content (AvgIpc) is 3.58. The van der Waals surface area contributed by atoms with Crippen molar-refractivity contribution in [2.75, 3.05) is 25.1 Å². The van der Waals surface area contributed by atoms with Crippen LogP contribution in [-0.2, 0) is 19.4 Å². The standard InChI is InChI=1S/C27H26N4O3S/c1-33-21-10-8-19(9-11-21)18-34-26-23(25(32)28-14-12-22-6-4-16-35-22)17-29-27(30-26)31-15-13-20-5-2-3-7-24(20)31/h2-11,16-17H,12-15,18H2,1H3,(H,28,32). The van der Waals surface area contributed by atoms with Crippen LogP contribution < -0.4 is 19.7 Å². The summed E-state index contributed by atoms with van der Waals surface area (Å²) in [7, 11) is 1.63. The number of ether oxygens (including phenoxy) is 2. The summed E-state index contributed by atoms with van der Waals surface area (Å²) in [6.07, 6.45) is 3.26. The third-order valence-electron chi connectivity index (χ3n) is 5.89. The molecule has 1 amide bonds. The van der Waals surface area contributed by atoms with Crippen LogP contribution in [0.5, 0.6) is 11.6 Å². The van der Waals surface area contributed by atoms with E-state index in [1.165, 1.54) is 10.4 Å². The lowest BCUT2D eigenvalue weighted by Crippen LogP contribution is -2.27. The van der Waals surface area contributed by atoms with Gasteiger partial charge < -0.3 is 19.7 Å². The Kier molecular flexibility index (Phi) is 6.90. The van der Waals surface area contributed by atoms with Crippen LogP contribution in [0.25, 0.3) is 0 Å². The topological polar surface area (TPSA) is 76.6 Å². The number of amides is 1. The molecule has 2 aromatic carbocycles. The third kappa shape index (κ3) is 5.27. The Hall–Kier alpha value is -3.91. The van der Waals surface area contributed by atoms with Gasteiger partial charge in [-0.15, -0.1) is 11.3 Å². The van der Waals surface area contributed by atoms with Gasteiger partial charge in [-0.3, -0.25) is 4.79 Å². The fourth-order valence-corrected chi connectivity index (χ4v) is 4.73. The Bertz CT molecular complexity index is 1290. The Morgan fingerprint density at radius 1 is 1.11 bits per heavy atom. The quantitative estimate of drug-likeness (QED) is 0.367. The number of anilines is 2. The molecule has 35 heavy (non-hydrogen) atoms. The zero-order valence-corrected chi connectivity index (χ0v) is 20.3. The number of methoxy groups -OCH3 is 1. The van der Waals surface area contributed by atoms with E-state index >= 15 is 0 Å². The molecule has 5 rings (SSSR count). The van der Waals surface area contributed by atoms with Gasteiger partial charge in [-0.1, -0.05) is 36.4 Å². The van der Waals surface area contributed by atoms with Crippen molar-refractivity contribution < 1.29 is 14.3 Å². The number of fused-ring (bicyclic) bond motifs is 1. The monoisotopic (exact) mass is 486 g/mol. The summed E-state index contributed by atoms with van der Waals surface area (Å²) in [5.74, 6) is 1.31. The van der Waals surface area contributed by atoms with Gasteiger partial charge in [0.25, 0.3) is 5.91 Å². The number of carbonyl (C=O) groups excluding carboxylic acids is 1. The number of carbonyl (C=O) groups is 1. The highest BCUT2D eigenvalue weighted by Gasteiger charge is 2.24. The van der Waals surface area contributed by atoms with Gasteiger partial charge in [0.15, 0.2) is 0 Å². The van der Waals surface area contributed by atoms with Crippen molar-refractivity contribution in [1.29, 1.82) is 0 Å². The van der Waals surface area contributed by atoms with Gasteiger partial charge in [-0.25, -0.2) is 4.98 Å². The van der Waals surface area contributed by atoms with Gasteiger partial charge in [-0.2, -0.15) is 4.98 Å². The van der Waals surface area contributed by atoms with E-state index in [2.05, 4.69) is 33.4 Å². The van der Waals surface area contributed by atoms with Crippen molar-refractivity contribution >= 4 is 28.9 Å². The first-order chi connectivity index (χ1) is 17.2. The van der Waals surface area contributed by atoms with Crippen LogP contribution in [-0.4, -0.2) is 36.1 Å². The van der Waals surface area contributed by atoms with Crippen molar-refractivity contribution in [2.24, 2.45) is 0 Å². The van der Waals surface area contributed by atoms with Crippen LogP contribution in [0.4, 0.5) is 11.6 Å². The molecule has 0 spiro atoms. The number of thiophene rings is 1. The van der Waals surface area contributed by atoms with E-state index < -0.39 is 0 Å². The number of nitrogens with zero attached hydrogens (tertiary/aromatic N) is 3. The number of hydrogen-bond acceptors (Lipinski definition) is 7. The number of rotatable bonds is 9. The number of hydrogen-bond donors (Lipinski definition) is 1. The molecule has 2 aromatic heterocycles. The molecule has 0 radical (unpaired) electrons. The van der Waals surface area contributed by atoms with E-state index in [9.17, 15) is 4.79 Å². The molecule has 0 aliphatic carbocycles. The second kappa shape index (κ2) is 10.6. The highest BCUT2D eigenvalue weighted by Crippen LogP contribution is 2.33. The predicted molar refractivity (Wildman–Crippen MR) is 137 cm³/mol. The van der Waals surface area contributed by atoms with Gasteiger partial charge in [0.2, 0.25) is 11.8 Å². The molecule has 0 saturated carbocycles. The van der Waals surface area contributed by atoms with E-state index in [0.717, 1.165) is 36.4 Å². The third-order valence-corrected chi connectivity index (χ3v) is 6.82. The van der Waals surface area contributed by atoms with E-state index in [4.69, 9.17) is 14.5 Å². The number of aromatic nitrogens is 2. The first kappa shape index (κ1) is 22.9. The zero-order valence-electron chi connectivity index (χ0n) is 19.4. The van der Waals surface area contributed by atoms with Gasteiger partial charge in [0, 0.05) is 29.9 Å². The first-order valence-corrected chi connectivity index (χ1v) is 12.4. The molecular weight excluding hydrogens is 460 g/mol. The van der Waals surface area contributed by atoms with Crippen LogP contribution in [0.3, 0.4) is 0 Å². The molecular formula is C27H26N4O3S. The van der Waals surface area contributed by atoms with Crippen molar-refractivity contribution in [2.45, 2.75) is 19.4 Å². The minimum atomic E-state index is -0.250. The maximum absolute atomic E-state index is 13.0. The van der Waals surface area contributed by atoms with Crippen molar-refractivity contribution in [3.8, 4) is 11.6 Å². The van der Waals surface area contributed by atoms with E-state index in [-0.39, 0.29) is 18.4 Å². The molecule has 1 aliphatic rings. The van der Waals surface area contributed by atoms with Gasteiger partial charge in [-0.05, 0) is 53.6 Å². The summed E-state index contributed by atoms with van der Waals surface area (Å²) in [4.78, 5) is 25.5. The molecule has 0 unspecified atom stereocenters. The second-order valence-corrected chi connectivity index (χ2v) is 9.17. The van der Waals surface area contributed by atoms with Crippen LogP contribution >= 0.6 is 11.3 Å². The highest BCUT2D eigenvalue weighted by molar-refractivity contribution is 7.09. The number of nitrogens with one attached hydrogen (secondary N) is 1. The summed E-state index contributed by atoms with van der Waals surface area (Å²) < 4.78 is 11.3. The molecule has 0 fully saturated rings. The lowest BCUT2D eigenvalue weighted by molar-refractivity contribution is 0.0948. The van der Waals surface area contributed by atoms with E-state index in [0.29, 0.717) is 18.1 Å². The molecule has 178 valence electrons. The highest BCUT2D eigenvalue weighted by atomic mass is 32.1. The maximum atomic E-state index is 13.0. The smallest absolute Gasteiger partial charge is 0.258 e. The molecule has 1 aliphatic heterocycles. The summed E-state index contributed by atoms with van der Waals surface area (Å²) in [5.41, 5.74) is 3.61. The lowest BCUT2D eigenvalue weighted by atomic mass is 10.2. The fourth-order valence-electron chi connectivity index (χ4n) is 4.02. The van der Waals surface area contributed by atoms with Crippen molar-refractivity contribution in [1.82, 2.24) is 15.3 Å². The fraction of sp³-hybridized carbons (Fsp3) is 0.222. The predicted octanol–water partition coefficient (Wildman–Crippen LogP) is 4.79.